The molecule has 1 amide bonds. The number of hydrogen-bond donors (Lipinski definition) is 1. The number of rotatable bonds is 7. The first-order chi connectivity index (χ1) is 8.63. The van der Waals surface area contributed by atoms with Gasteiger partial charge in [0.15, 0.2) is 0 Å². The summed E-state index contributed by atoms with van der Waals surface area (Å²) >= 11 is 0. The van der Waals surface area contributed by atoms with Gasteiger partial charge in [-0.3, -0.25) is 4.79 Å². The molecule has 1 fully saturated rings. The minimum absolute atomic E-state index is 0.251. The Hall–Kier alpha value is -0.610. The molecule has 1 aliphatic rings. The van der Waals surface area contributed by atoms with E-state index < -0.39 is 0 Å². The van der Waals surface area contributed by atoms with Gasteiger partial charge in [-0.25, -0.2) is 0 Å². The fourth-order valence-corrected chi connectivity index (χ4v) is 2.21. The predicted molar refractivity (Wildman–Crippen MR) is 73.6 cm³/mol. The van der Waals surface area contributed by atoms with Crippen LogP contribution in [0.2, 0.25) is 0 Å². The van der Waals surface area contributed by atoms with E-state index in [0.29, 0.717) is 12.5 Å². The van der Waals surface area contributed by atoms with Crippen molar-refractivity contribution in [2.45, 2.75) is 58.6 Å². The molecule has 1 atom stereocenters. The molecule has 1 unspecified atom stereocenters. The fraction of sp³-hybridized carbons (Fsp3) is 0.929. The minimum atomic E-state index is 0.251. The maximum absolute atomic E-state index is 12.0. The van der Waals surface area contributed by atoms with Crippen LogP contribution < -0.4 is 5.32 Å². The molecule has 1 saturated heterocycles. The SMILES string of the molecule is CCCOC1CCCN(C(=O)CCNC(C)C)C1. The average molecular weight is 256 g/mol. The van der Waals surface area contributed by atoms with Crippen molar-refractivity contribution in [3.8, 4) is 0 Å². The number of carbonyl (C=O) groups is 1. The van der Waals surface area contributed by atoms with Crippen molar-refractivity contribution in [3.05, 3.63) is 0 Å². The van der Waals surface area contributed by atoms with E-state index in [2.05, 4.69) is 26.1 Å². The van der Waals surface area contributed by atoms with Gasteiger partial charge >= 0.3 is 0 Å². The molecule has 0 spiro atoms. The topological polar surface area (TPSA) is 41.6 Å². The van der Waals surface area contributed by atoms with Crippen LogP contribution in [0, 0.1) is 0 Å². The van der Waals surface area contributed by atoms with Crippen LogP contribution in [0.25, 0.3) is 0 Å². The van der Waals surface area contributed by atoms with Crippen LogP contribution in [0.4, 0.5) is 0 Å². The van der Waals surface area contributed by atoms with Crippen LogP contribution in [0.5, 0.6) is 0 Å². The number of nitrogens with one attached hydrogen (secondary N) is 1. The second kappa shape index (κ2) is 8.48. The van der Waals surface area contributed by atoms with Gasteiger partial charge in [0.2, 0.25) is 5.91 Å². The molecule has 106 valence electrons. The first-order valence-corrected chi connectivity index (χ1v) is 7.26. The second-order valence-corrected chi connectivity index (χ2v) is 5.33. The van der Waals surface area contributed by atoms with Crippen LogP contribution in [0.1, 0.15) is 46.5 Å². The first kappa shape index (κ1) is 15.4. The molecule has 0 aromatic carbocycles. The van der Waals surface area contributed by atoms with Crippen molar-refractivity contribution in [1.82, 2.24) is 10.2 Å². The van der Waals surface area contributed by atoms with Crippen molar-refractivity contribution in [2.75, 3.05) is 26.2 Å². The van der Waals surface area contributed by atoms with E-state index in [4.69, 9.17) is 4.74 Å². The molecule has 0 aromatic rings. The highest BCUT2D eigenvalue weighted by molar-refractivity contribution is 5.76. The quantitative estimate of drug-likeness (QED) is 0.755. The van der Waals surface area contributed by atoms with Crippen molar-refractivity contribution >= 4 is 5.91 Å². The lowest BCUT2D eigenvalue weighted by Gasteiger charge is -2.32. The molecule has 1 aliphatic heterocycles. The minimum Gasteiger partial charge on any atom is -0.376 e. The Morgan fingerprint density at radius 3 is 2.94 bits per heavy atom. The van der Waals surface area contributed by atoms with Crippen molar-refractivity contribution in [3.63, 3.8) is 0 Å². The maximum atomic E-state index is 12.0. The van der Waals surface area contributed by atoms with Crippen molar-refractivity contribution in [1.29, 1.82) is 0 Å². The number of ether oxygens (including phenoxy) is 1. The van der Waals surface area contributed by atoms with Crippen LogP contribution in [-0.2, 0) is 9.53 Å². The van der Waals surface area contributed by atoms with Gasteiger partial charge in [-0.05, 0) is 19.3 Å². The monoisotopic (exact) mass is 256 g/mol. The molecule has 0 aliphatic carbocycles. The number of piperidine rings is 1. The van der Waals surface area contributed by atoms with E-state index in [1.807, 2.05) is 4.90 Å². The van der Waals surface area contributed by atoms with Crippen LogP contribution in [-0.4, -0.2) is 49.2 Å². The first-order valence-electron chi connectivity index (χ1n) is 7.26. The zero-order valence-corrected chi connectivity index (χ0v) is 12.1. The molecule has 0 bridgehead atoms. The molecule has 0 radical (unpaired) electrons. The Labute approximate surface area is 111 Å². The third-order valence-corrected chi connectivity index (χ3v) is 3.18. The van der Waals surface area contributed by atoms with Crippen molar-refractivity contribution in [2.24, 2.45) is 0 Å². The molecule has 18 heavy (non-hydrogen) atoms. The van der Waals surface area contributed by atoms with Gasteiger partial charge in [0.25, 0.3) is 0 Å². The Kier molecular flexibility index (Phi) is 7.28. The third-order valence-electron chi connectivity index (χ3n) is 3.18. The number of amides is 1. The van der Waals surface area contributed by atoms with Gasteiger partial charge in [0, 0.05) is 38.7 Å². The van der Waals surface area contributed by atoms with Crippen LogP contribution in [0.3, 0.4) is 0 Å². The number of nitrogens with zero attached hydrogens (tertiary/aromatic N) is 1. The second-order valence-electron chi connectivity index (χ2n) is 5.33. The van der Waals surface area contributed by atoms with Gasteiger partial charge in [0.05, 0.1) is 6.10 Å². The van der Waals surface area contributed by atoms with Crippen LogP contribution >= 0.6 is 0 Å². The predicted octanol–water partition coefficient (Wildman–Crippen LogP) is 1.79. The molecule has 1 N–H and O–H groups in total. The smallest absolute Gasteiger partial charge is 0.223 e. The Balaban J connectivity index is 2.25. The van der Waals surface area contributed by atoms with E-state index in [1.54, 1.807) is 0 Å². The number of likely N-dealkylation sites (tertiary alicyclic amines) is 1. The largest absolute Gasteiger partial charge is 0.376 e. The lowest BCUT2D eigenvalue weighted by Crippen LogP contribution is -2.44. The average Bonchev–Trinajstić information content (AvgIpc) is 2.36. The van der Waals surface area contributed by atoms with E-state index in [0.717, 1.165) is 45.5 Å². The van der Waals surface area contributed by atoms with Crippen molar-refractivity contribution < 1.29 is 9.53 Å². The van der Waals surface area contributed by atoms with Gasteiger partial charge in [-0.2, -0.15) is 0 Å². The lowest BCUT2D eigenvalue weighted by atomic mass is 10.1. The molecular weight excluding hydrogens is 228 g/mol. The normalized spacial score (nSPS) is 20.4. The van der Waals surface area contributed by atoms with Gasteiger partial charge in [0.1, 0.15) is 0 Å². The molecule has 4 heteroatoms. The summed E-state index contributed by atoms with van der Waals surface area (Å²) in [5.41, 5.74) is 0. The number of hydrogen-bond acceptors (Lipinski definition) is 3. The van der Waals surface area contributed by atoms with E-state index in [9.17, 15) is 4.79 Å². The van der Waals surface area contributed by atoms with Crippen LogP contribution in [0.15, 0.2) is 0 Å². The highest BCUT2D eigenvalue weighted by Gasteiger charge is 2.23. The van der Waals surface area contributed by atoms with Gasteiger partial charge in [-0.15, -0.1) is 0 Å². The highest BCUT2D eigenvalue weighted by atomic mass is 16.5. The Morgan fingerprint density at radius 2 is 2.28 bits per heavy atom. The summed E-state index contributed by atoms with van der Waals surface area (Å²) in [6.45, 7) is 9.56. The summed E-state index contributed by atoms with van der Waals surface area (Å²) in [5.74, 6) is 0.257. The zero-order chi connectivity index (χ0) is 13.4. The Bertz CT molecular complexity index is 244. The summed E-state index contributed by atoms with van der Waals surface area (Å²) in [7, 11) is 0. The van der Waals surface area contributed by atoms with E-state index in [1.165, 1.54) is 0 Å². The van der Waals surface area contributed by atoms with E-state index >= 15 is 0 Å². The molecule has 4 nitrogen and oxygen atoms in total. The summed E-state index contributed by atoms with van der Waals surface area (Å²) in [5, 5.41) is 3.28. The molecule has 0 saturated carbocycles. The third kappa shape index (κ3) is 5.83. The Morgan fingerprint density at radius 1 is 1.50 bits per heavy atom. The molecular formula is C14H28N2O2. The zero-order valence-electron chi connectivity index (χ0n) is 12.1. The summed E-state index contributed by atoms with van der Waals surface area (Å²) in [6, 6.07) is 0.444. The van der Waals surface area contributed by atoms with Gasteiger partial charge < -0.3 is 15.0 Å². The fourth-order valence-electron chi connectivity index (χ4n) is 2.21. The molecule has 0 aromatic heterocycles. The maximum Gasteiger partial charge on any atom is 0.223 e. The number of carbonyl (C=O) groups excluding carboxylic acids is 1. The lowest BCUT2D eigenvalue weighted by molar-refractivity contribution is -0.135. The standard InChI is InChI=1S/C14H28N2O2/c1-4-10-18-13-6-5-9-16(11-13)14(17)7-8-15-12(2)3/h12-13,15H,4-11H2,1-3H3. The molecule has 1 heterocycles. The highest BCUT2D eigenvalue weighted by Crippen LogP contribution is 2.14. The van der Waals surface area contributed by atoms with E-state index in [-0.39, 0.29) is 12.0 Å². The summed E-state index contributed by atoms with van der Waals surface area (Å²) < 4.78 is 5.75. The van der Waals surface area contributed by atoms with Gasteiger partial charge in [-0.1, -0.05) is 20.8 Å². The summed E-state index contributed by atoms with van der Waals surface area (Å²) in [6.07, 6.45) is 4.05. The molecule has 1 rings (SSSR count). The summed E-state index contributed by atoms with van der Waals surface area (Å²) in [4.78, 5) is 14.0.